The lowest BCUT2D eigenvalue weighted by Crippen LogP contribution is -2.21. The van der Waals surface area contributed by atoms with Crippen molar-refractivity contribution in [2.45, 2.75) is 20.3 Å². The second kappa shape index (κ2) is 5.29. The first-order valence-corrected chi connectivity index (χ1v) is 4.87. The average Bonchev–Trinajstić information content (AvgIpc) is 2.18. The molecule has 0 saturated carbocycles. The molecule has 0 aliphatic heterocycles. The van der Waals surface area contributed by atoms with Gasteiger partial charge in [-0.15, -0.1) is 0 Å². The fourth-order valence-electron chi connectivity index (χ4n) is 1.21. The van der Waals surface area contributed by atoms with Gasteiger partial charge in [-0.05, 0) is 37.6 Å². The summed E-state index contributed by atoms with van der Waals surface area (Å²) < 4.78 is 12.6. The molecule has 0 atom stereocenters. The number of amides is 1. The maximum atomic E-state index is 12.6. The summed E-state index contributed by atoms with van der Waals surface area (Å²) in [6.45, 7) is 3.82. The van der Waals surface area contributed by atoms with Crippen LogP contribution in [0.2, 0.25) is 0 Å². The summed E-state index contributed by atoms with van der Waals surface area (Å²) in [5, 5.41) is 2.72. The fourth-order valence-corrected chi connectivity index (χ4v) is 1.21. The number of allylic oxidation sites excluding steroid dienone is 2. The third-order valence-electron chi connectivity index (χ3n) is 1.93. The third kappa shape index (κ3) is 3.54. The van der Waals surface area contributed by atoms with Gasteiger partial charge in [0.2, 0.25) is 0 Å². The lowest BCUT2D eigenvalue weighted by molar-refractivity contribution is 0.0966. The molecule has 1 N–H and O–H groups in total. The number of nitrogens with one attached hydrogen (secondary N) is 1. The van der Waals surface area contributed by atoms with Gasteiger partial charge in [0.25, 0.3) is 5.91 Å². The van der Waals surface area contributed by atoms with Gasteiger partial charge in [-0.2, -0.15) is 0 Å². The first kappa shape index (κ1) is 11.4. The van der Waals surface area contributed by atoms with Crippen molar-refractivity contribution in [1.29, 1.82) is 0 Å². The first-order valence-electron chi connectivity index (χ1n) is 4.87. The van der Waals surface area contributed by atoms with Crippen molar-refractivity contribution in [3.05, 3.63) is 47.4 Å². The molecule has 0 aliphatic rings. The molecule has 2 nitrogen and oxygen atoms in total. The van der Waals surface area contributed by atoms with E-state index in [1.54, 1.807) is 0 Å². The van der Waals surface area contributed by atoms with Crippen molar-refractivity contribution in [2.24, 2.45) is 0 Å². The zero-order valence-electron chi connectivity index (χ0n) is 8.88. The molecule has 3 heteroatoms. The fraction of sp³-hybridized carbons (Fsp3) is 0.250. The Balaban J connectivity index is 2.69. The molecule has 1 rings (SSSR count). The van der Waals surface area contributed by atoms with Crippen LogP contribution in [-0.2, 0) is 0 Å². The highest BCUT2D eigenvalue weighted by atomic mass is 19.1. The van der Waals surface area contributed by atoms with E-state index < -0.39 is 0 Å². The Morgan fingerprint density at radius 3 is 2.53 bits per heavy atom. The number of hydrogen-bond donors (Lipinski definition) is 1. The van der Waals surface area contributed by atoms with Crippen LogP contribution in [0.15, 0.2) is 36.0 Å². The molecule has 80 valence electrons. The predicted molar refractivity (Wildman–Crippen MR) is 57.9 cm³/mol. The molecule has 0 radical (unpaired) electrons. The van der Waals surface area contributed by atoms with Gasteiger partial charge >= 0.3 is 0 Å². The Bertz CT molecular complexity index is 368. The van der Waals surface area contributed by atoms with Crippen molar-refractivity contribution in [3.63, 3.8) is 0 Å². The van der Waals surface area contributed by atoms with Crippen LogP contribution in [-0.4, -0.2) is 5.91 Å². The van der Waals surface area contributed by atoms with Crippen molar-refractivity contribution in [2.75, 3.05) is 0 Å². The summed E-state index contributed by atoms with van der Waals surface area (Å²) in [7, 11) is 0. The van der Waals surface area contributed by atoms with E-state index in [9.17, 15) is 9.18 Å². The lowest BCUT2D eigenvalue weighted by Gasteiger charge is -2.04. The Labute approximate surface area is 88.8 Å². The van der Waals surface area contributed by atoms with Gasteiger partial charge in [-0.25, -0.2) is 4.39 Å². The van der Waals surface area contributed by atoms with Crippen molar-refractivity contribution >= 4 is 5.91 Å². The molecule has 1 aromatic rings. The van der Waals surface area contributed by atoms with E-state index in [2.05, 4.69) is 5.32 Å². The topological polar surface area (TPSA) is 29.1 Å². The molecule has 1 amide bonds. The molecular formula is C12H14FNO. The van der Waals surface area contributed by atoms with E-state index >= 15 is 0 Å². The first-order chi connectivity index (χ1) is 7.13. The Hall–Kier alpha value is -1.64. The molecule has 0 aromatic heterocycles. The standard InChI is InChI=1S/C12H14FNO/c1-3-4-9(2)14-12(15)10-5-7-11(13)8-6-10/h4-8H,3H2,1-2H3,(H,14,15)/b9-4+. The van der Waals surface area contributed by atoms with Crippen LogP contribution < -0.4 is 5.32 Å². The molecule has 0 unspecified atom stereocenters. The largest absolute Gasteiger partial charge is 0.326 e. The summed E-state index contributed by atoms with van der Waals surface area (Å²) in [6.07, 6.45) is 2.79. The Morgan fingerprint density at radius 1 is 1.40 bits per heavy atom. The maximum Gasteiger partial charge on any atom is 0.255 e. The van der Waals surface area contributed by atoms with E-state index in [0.29, 0.717) is 5.56 Å². The quantitative estimate of drug-likeness (QED) is 0.811. The highest BCUT2D eigenvalue weighted by molar-refractivity contribution is 5.95. The van der Waals surface area contributed by atoms with E-state index in [1.807, 2.05) is 19.9 Å². The number of carbonyl (C=O) groups is 1. The summed E-state index contributed by atoms with van der Waals surface area (Å²) in [5.41, 5.74) is 1.27. The van der Waals surface area contributed by atoms with Gasteiger partial charge in [0.15, 0.2) is 0 Å². The molecule has 0 heterocycles. The Kier molecular flexibility index (Phi) is 4.03. The van der Waals surface area contributed by atoms with Crippen LogP contribution >= 0.6 is 0 Å². The molecule has 1 aromatic carbocycles. The zero-order chi connectivity index (χ0) is 11.3. The molecular weight excluding hydrogens is 193 g/mol. The molecule has 0 bridgehead atoms. The van der Waals surface area contributed by atoms with Crippen LogP contribution in [0, 0.1) is 5.82 Å². The van der Waals surface area contributed by atoms with Gasteiger partial charge in [0.1, 0.15) is 5.82 Å². The smallest absolute Gasteiger partial charge is 0.255 e. The van der Waals surface area contributed by atoms with Gasteiger partial charge in [0, 0.05) is 11.3 Å². The summed E-state index contributed by atoms with van der Waals surface area (Å²) in [4.78, 5) is 11.6. The molecule has 0 spiro atoms. The molecule has 0 aliphatic carbocycles. The van der Waals surface area contributed by atoms with Crippen LogP contribution in [0.1, 0.15) is 30.6 Å². The maximum absolute atomic E-state index is 12.6. The predicted octanol–water partition coefficient (Wildman–Crippen LogP) is 2.87. The average molecular weight is 207 g/mol. The number of halogens is 1. The number of hydrogen-bond acceptors (Lipinski definition) is 1. The zero-order valence-corrected chi connectivity index (χ0v) is 8.88. The van der Waals surface area contributed by atoms with E-state index in [-0.39, 0.29) is 11.7 Å². The summed E-state index contributed by atoms with van der Waals surface area (Å²) in [6, 6.07) is 5.47. The SMILES string of the molecule is CC/C=C(\C)NC(=O)c1ccc(F)cc1. The van der Waals surface area contributed by atoms with E-state index in [4.69, 9.17) is 0 Å². The van der Waals surface area contributed by atoms with E-state index in [0.717, 1.165) is 12.1 Å². The van der Waals surface area contributed by atoms with Crippen molar-refractivity contribution < 1.29 is 9.18 Å². The minimum absolute atomic E-state index is 0.211. The second-order valence-electron chi connectivity index (χ2n) is 3.26. The number of rotatable bonds is 3. The number of benzene rings is 1. The van der Waals surface area contributed by atoms with Crippen molar-refractivity contribution in [1.82, 2.24) is 5.32 Å². The summed E-state index contributed by atoms with van der Waals surface area (Å²) >= 11 is 0. The van der Waals surface area contributed by atoms with Crippen LogP contribution in [0.4, 0.5) is 4.39 Å². The van der Waals surface area contributed by atoms with Gasteiger partial charge < -0.3 is 5.32 Å². The van der Waals surface area contributed by atoms with Crippen LogP contribution in [0.25, 0.3) is 0 Å². The van der Waals surface area contributed by atoms with Gasteiger partial charge in [0.05, 0.1) is 0 Å². The van der Waals surface area contributed by atoms with E-state index in [1.165, 1.54) is 24.3 Å². The second-order valence-corrected chi connectivity index (χ2v) is 3.26. The normalized spacial score (nSPS) is 11.3. The van der Waals surface area contributed by atoms with Crippen LogP contribution in [0.3, 0.4) is 0 Å². The minimum atomic E-state index is -0.340. The Morgan fingerprint density at radius 2 is 2.00 bits per heavy atom. The molecule has 0 saturated heterocycles. The summed E-state index contributed by atoms with van der Waals surface area (Å²) in [5.74, 6) is -0.551. The molecule has 0 fully saturated rings. The van der Waals surface area contributed by atoms with Crippen molar-refractivity contribution in [3.8, 4) is 0 Å². The monoisotopic (exact) mass is 207 g/mol. The van der Waals surface area contributed by atoms with Gasteiger partial charge in [-0.3, -0.25) is 4.79 Å². The van der Waals surface area contributed by atoms with Gasteiger partial charge in [-0.1, -0.05) is 13.0 Å². The number of carbonyl (C=O) groups excluding carboxylic acids is 1. The third-order valence-corrected chi connectivity index (χ3v) is 1.93. The minimum Gasteiger partial charge on any atom is -0.326 e. The highest BCUT2D eigenvalue weighted by Gasteiger charge is 2.04. The van der Waals surface area contributed by atoms with Crippen LogP contribution in [0.5, 0.6) is 0 Å². The highest BCUT2D eigenvalue weighted by Crippen LogP contribution is 2.03. The molecule has 15 heavy (non-hydrogen) atoms. The lowest BCUT2D eigenvalue weighted by atomic mass is 10.2.